The molecule has 0 bridgehead atoms. The van der Waals surface area contributed by atoms with Crippen LogP contribution >= 0.6 is 0 Å². The molecule has 8 atom stereocenters. The number of ketones is 2. The largest absolute Gasteiger partial charge is 0.336 e. The zero-order valence-electron chi connectivity index (χ0n) is 26.0. The van der Waals surface area contributed by atoms with Crippen LogP contribution < -0.4 is 0 Å². The van der Waals surface area contributed by atoms with Crippen molar-refractivity contribution in [2.24, 2.45) is 56.7 Å². The third-order valence-electron chi connectivity index (χ3n) is 14.8. The summed E-state index contributed by atoms with van der Waals surface area (Å²) in [5.41, 5.74) is 2.07. The summed E-state index contributed by atoms with van der Waals surface area (Å²) in [7, 11) is 0. The topological polar surface area (TPSA) is 54.5 Å². The summed E-state index contributed by atoms with van der Waals surface area (Å²) in [5, 5.41) is 0. The third-order valence-corrected chi connectivity index (χ3v) is 14.8. The quantitative estimate of drug-likeness (QED) is 0.354. The van der Waals surface area contributed by atoms with Crippen molar-refractivity contribution in [3.63, 3.8) is 0 Å². The Balaban J connectivity index is 1.44. The Labute approximate surface area is 237 Å². The second kappa shape index (κ2) is 8.54. The molecule has 1 saturated heterocycles. The van der Waals surface area contributed by atoms with Gasteiger partial charge in [0, 0.05) is 19.5 Å². The highest BCUT2D eigenvalue weighted by atomic mass is 16.2. The number of hydrogen-bond acceptors (Lipinski definition) is 3. The van der Waals surface area contributed by atoms with Gasteiger partial charge < -0.3 is 4.90 Å². The zero-order valence-corrected chi connectivity index (χ0v) is 26.0. The van der Waals surface area contributed by atoms with E-state index in [0.717, 1.165) is 42.2 Å². The van der Waals surface area contributed by atoms with Crippen molar-refractivity contribution in [2.75, 3.05) is 13.1 Å². The molecule has 4 heteroatoms. The summed E-state index contributed by atoms with van der Waals surface area (Å²) >= 11 is 0. The SMILES string of the molecule is CC(C)C1=C2[C@H]3CC[C@@H]4[C@@]5(C)CC[C@H](C)C(C)(C)[C@@H]5CC[C@@]4(C)[C@]3(C)CC[C@@]2(C(=O)C(=O)N2CCC2)CC1=O. The van der Waals surface area contributed by atoms with Crippen LogP contribution in [0.1, 0.15) is 120 Å². The van der Waals surface area contributed by atoms with Gasteiger partial charge in [-0.05, 0) is 120 Å². The smallest absolute Gasteiger partial charge is 0.290 e. The van der Waals surface area contributed by atoms with Gasteiger partial charge in [-0.3, -0.25) is 14.4 Å². The molecule has 0 spiro atoms. The lowest BCUT2D eigenvalue weighted by atomic mass is 9.32. The maximum Gasteiger partial charge on any atom is 0.290 e. The summed E-state index contributed by atoms with van der Waals surface area (Å²) in [5.74, 6) is 2.04. The molecule has 0 aromatic rings. The monoisotopic (exact) mass is 535 g/mol. The highest BCUT2D eigenvalue weighted by Crippen LogP contribution is 2.77. The number of fused-ring (bicyclic) bond motifs is 7. The Kier molecular flexibility index (Phi) is 6.07. The van der Waals surface area contributed by atoms with Crippen LogP contribution in [-0.2, 0) is 14.4 Å². The molecule has 39 heavy (non-hydrogen) atoms. The molecular weight excluding hydrogens is 482 g/mol. The molecular formula is C35H53NO3. The lowest BCUT2D eigenvalue weighted by molar-refractivity contribution is -0.219. The van der Waals surface area contributed by atoms with Crippen molar-refractivity contribution < 1.29 is 14.4 Å². The van der Waals surface area contributed by atoms with Crippen molar-refractivity contribution in [1.82, 2.24) is 4.90 Å². The normalized spacial score (nSPS) is 46.7. The lowest BCUT2D eigenvalue weighted by Gasteiger charge is -2.72. The molecule has 1 amide bonds. The van der Waals surface area contributed by atoms with E-state index in [1.807, 2.05) is 0 Å². The van der Waals surface area contributed by atoms with E-state index in [4.69, 9.17) is 0 Å². The maximum absolute atomic E-state index is 14.2. The summed E-state index contributed by atoms with van der Waals surface area (Å²) in [4.78, 5) is 43.0. The van der Waals surface area contributed by atoms with E-state index in [9.17, 15) is 14.4 Å². The van der Waals surface area contributed by atoms with Crippen LogP contribution in [0, 0.1) is 56.7 Å². The first kappa shape index (κ1) is 27.7. The number of amides is 1. The Morgan fingerprint density at radius 2 is 1.54 bits per heavy atom. The summed E-state index contributed by atoms with van der Waals surface area (Å²) < 4.78 is 0. The first-order valence-corrected chi connectivity index (χ1v) is 16.3. The van der Waals surface area contributed by atoms with Crippen molar-refractivity contribution >= 4 is 17.5 Å². The minimum Gasteiger partial charge on any atom is -0.336 e. The predicted octanol–water partition coefficient (Wildman–Crippen LogP) is 7.40. The van der Waals surface area contributed by atoms with Crippen molar-refractivity contribution in [1.29, 1.82) is 0 Å². The van der Waals surface area contributed by atoms with Crippen molar-refractivity contribution in [3.05, 3.63) is 11.1 Å². The van der Waals surface area contributed by atoms with Gasteiger partial charge in [0.25, 0.3) is 5.91 Å². The summed E-state index contributed by atoms with van der Waals surface area (Å²) in [6, 6.07) is 0. The van der Waals surface area contributed by atoms with E-state index in [2.05, 4.69) is 55.4 Å². The van der Waals surface area contributed by atoms with Crippen LogP contribution in [-0.4, -0.2) is 35.5 Å². The van der Waals surface area contributed by atoms with Gasteiger partial charge in [-0.25, -0.2) is 0 Å². The highest BCUT2D eigenvalue weighted by Gasteiger charge is 2.71. The van der Waals surface area contributed by atoms with Gasteiger partial charge >= 0.3 is 0 Å². The van der Waals surface area contributed by atoms with Crippen LogP contribution in [0.5, 0.6) is 0 Å². The first-order valence-electron chi connectivity index (χ1n) is 16.3. The molecule has 0 radical (unpaired) electrons. The van der Waals surface area contributed by atoms with Gasteiger partial charge in [-0.1, -0.05) is 55.4 Å². The minimum atomic E-state index is -0.889. The maximum atomic E-state index is 14.2. The second-order valence-electron chi connectivity index (χ2n) is 16.5. The van der Waals surface area contributed by atoms with Gasteiger partial charge in [0.15, 0.2) is 5.78 Å². The molecule has 6 rings (SSSR count). The number of carbonyl (C=O) groups is 3. The Morgan fingerprint density at radius 3 is 2.15 bits per heavy atom. The van der Waals surface area contributed by atoms with Crippen molar-refractivity contribution in [2.45, 2.75) is 120 Å². The number of allylic oxidation sites excluding steroid dienone is 2. The Hall–Kier alpha value is -1.45. The van der Waals surface area contributed by atoms with Gasteiger partial charge in [0.05, 0.1) is 5.41 Å². The van der Waals surface area contributed by atoms with Crippen LogP contribution in [0.4, 0.5) is 0 Å². The molecule has 1 heterocycles. The number of carbonyl (C=O) groups excluding carboxylic acids is 3. The number of Topliss-reactive ketones (excluding diaryl/α,β-unsaturated/α-hetero) is 2. The fourth-order valence-corrected chi connectivity index (χ4v) is 11.9. The van der Waals surface area contributed by atoms with Crippen LogP contribution in [0.2, 0.25) is 0 Å². The summed E-state index contributed by atoms with van der Waals surface area (Å²) in [6.45, 7) is 20.9. The predicted molar refractivity (Wildman–Crippen MR) is 155 cm³/mol. The van der Waals surface area contributed by atoms with Gasteiger partial charge in [0.1, 0.15) is 0 Å². The molecule has 5 aliphatic carbocycles. The van der Waals surface area contributed by atoms with E-state index in [-0.39, 0.29) is 46.6 Å². The molecule has 5 fully saturated rings. The molecule has 6 aliphatic rings. The Morgan fingerprint density at radius 1 is 0.846 bits per heavy atom. The molecule has 4 nitrogen and oxygen atoms in total. The average molecular weight is 536 g/mol. The fraction of sp³-hybridized carbons (Fsp3) is 0.857. The molecule has 4 saturated carbocycles. The van der Waals surface area contributed by atoms with E-state index in [1.54, 1.807) is 4.90 Å². The molecule has 216 valence electrons. The van der Waals surface area contributed by atoms with E-state index >= 15 is 0 Å². The van der Waals surface area contributed by atoms with E-state index in [1.165, 1.54) is 32.1 Å². The first-order chi connectivity index (χ1) is 18.1. The number of nitrogens with zero attached hydrogens (tertiary/aromatic N) is 1. The van der Waals surface area contributed by atoms with Gasteiger partial charge in [-0.2, -0.15) is 0 Å². The standard InChI is InChI=1S/C35H53NO3/c1-21(2)27-24(37)20-35(29(38)30(39)36-18-9-19-36)17-16-33(7)23(28(27)35)10-11-26-32(6)14-12-22(3)31(4,5)25(32)13-15-34(26,33)8/h21-23,25-26H,9-20H2,1-8H3/t22-,23+,25-,26+,32-,33+,34+,35+/m0/s1. The second-order valence-corrected chi connectivity index (χ2v) is 16.5. The van der Waals surface area contributed by atoms with Crippen LogP contribution in [0.25, 0.3) is 0 Å². The van der Waals surface area contributed by atoms with Gasteiger partial charge in [0.2, 0.25) is 5.78 Å². The van der Waals surface area contributed by atoms with Crippen LogP contribution in [0.3, 0.4) is 0 Å². The summed E-state index contributed by atoms with van der Waals surface area (Å²) in [6.07, 6.45) is 10.2. The van der Waals surface area contributed by atoms with Crippen LogP contribution in [0.15, 0.2) is 11.1 Å². The van der Waals surface area contributed by atoms with E-state index < -0.39 is 5.41 Å². The number of rotatable bonds is 3. The van der Waals surface area contributed by atoms with Gasteiger partial charge in [-0.15, -0.1) is 0 Å². The average Bonchev–Trinajstić information content (AvgIpc) is 3.13. The lowest BCUT2D eigenvalue weighted by Crippen LogP contribution is -2.65. The molecule has 0 aromatic heterocycles. The highest BCUT2D eigenvalue weighted by molar-refractivity contribution is 6.40. The third kappa shape index (κ3) is 3.33. The molecule has 0 N–H and O–H groups in total. The molecule has 0 unspecified atom stereocenters. The Bertz CT molecular complexity index is 1140. The molecule has 1 aliphatic heterocycles. The van der Waals surface area contributed by atoms with Crippen molar-refractivity contribution in [3.8, 4) is 0 Å². The van der Waals surface area contributed by atoms with E-state index in [0.29, 0.717) is 36.3 Å². The molecule has 0 aromatic carbocycles. The zero-order chi connectivity index (χ0) is 28.3. The minimum absolute atomic E-state index is 0.0424. The number of likely N-dealkylation sites (tertiary alicyclic amines) is 1. The number of hydrogen-bond donors (Lipinski definition) is 0. The fourth-order valence-electron chi connectivity index (χ4n) is 11.9.